The maximum absolute atomic E-state index is 13.2. The highest BCUT2D eigenvalue weighted by Gasteiger charge is 2.13. The molecule has 4 heteroatoms. The van der Waals surface area contributed by atoms with Gasteiger partial charge < -0.3 is 5.73 Å². The van der Waals surface area contributed by atoms with Gasteiger partial charge in [-0.05, 0) is 55.1 Å². The first-order valence-corrected chi connectivity index (χ1v) is 7.68. The van der Waals surface area contributed by atoms with Gasteiger partial charge in [-0.3, -0.25) is 4.90 Å². The maximum atomic E-state index is 13.2. The number of halogens is 1. The zero-order valence-corrected chi connectivity index (χ0v) is 12.8. The smallest absolute Gasteiger partial charge is 0.123 e. The lowest BCUT2D eigenvalue weighted by Gasteiger charge is -2.25. The molecule has 2 rings (SSSR count). The summed E-state index contributed by atoms with van der Waals surface area (Å²) in [6.07, 6.45) is 1.04. The quantitative estimate of drug-likeness (QED) is 0.884. The summed E-state index contributed by atoms with van der Waals surface area (Å²) in [5, 5.41) is 2.11. The molecule has 2 nitrogen and oxygen atoms in total. The van der Waals surface area contributed by atoms with Crippen LogP contribution in [0.3, 0.4) is 0 Å². The van der Waals surface area contributed by atoms with Crippen molar-refractivity contribution in [3.05, 3.63) is 57.5 Å². The lowest BCUT2D eigenvalue weighted by molar-refractivity contribution is 0.248. The Hall–Kier alpha value is -1.23. The summed E-state index contributed by atoms with van der Waals surface area (Å²) in [6, 6.07) is 9.56. The van der Waals surface area contributed by atoms with Gasteiger partial charge in [-0.15, -0.1) is 11.3 Å². The normalized spacial score (nSPS) is 12.8. The molecule has 0 aliphatic rings. The van der Waals surface area contributed by atoms with E-state index in [1.54, 1.807) is 11.3 Å². The van der Waals surface area contributed by atoms with Crippen LogP contribution in [0.5, 0.6) is 0 Å². The molecule has 1 heterocycles. The van der Waals surface area contributed by atoms with Crippen LogP contribution in [0.15, 0.2) is 35.7 Å². The number of hydrogen-bond acceptors (Lipinski definition) is 3. The molecule has 108 valence electrons. The molecule has 1 aromatic carbocycles. The molecular formula is C16H21FN2S. The van der Waals surface area contributed by atoms with Gasteiger partial charge in [-0.2, -0.15) is 0 Å². The lowest BCUT2D eigenvalue weighted by atomic mass is 10.1. The summed E-state index contributed by atoms with van der Waals surface area (Å²) in [5.41, 5.74) is 7.69. The van der Waals surface area contributed by atoms with E-state index < -0.39 is 0 Å². The number of thiophene rings is 1. The molecule has 0 fully saturated rings. The van der Waals surface area contributed by atoms with Crippen LogP contribution in [-0.4, -0.2) is 18.0 Å². The minimum atomic E-state index is -0.219. The molecule has 1 atom stereocenters. The van der Waals surface area contributed by atoms with E-state index in [1.807, 2.05) is 6.07 Å². The Morgan fingerprint density at radius 1 is 1.30 bits per heavy atom. The molecule has 1 aromatic heterocycles. The largest absolute Gasteiger partial charge is 0.326 e. The third-order valence-corrected chi connectivity index (χ3v) is 4.54. The van der Waals surface area contributed by atoms with Crippen molar-refractivity contribution >= 4 is 11.3 Å². The van der Waals surface area contributed by atoms with E-state index in [0.29, 0.717) is 12.6 Å². The van der Waals surface area contributed by atoms with Crippen LogP contribution in [0, 0.1) is 5.82 Å². The number of likely N-dealkylation sites (N-methyl/N-ethyl adjacent to an activating group) is 1. The average molecular weight is 292 g/mol. The topological polar surface area (TPSA) is 29.3 Å². The minimum Gasteiger partial charge on any atom is -0.326 e. The Bertz CT molecular complexity index is 539. The highest BCUT2D eigenvalue weighted by Crippen LogP contribution is 2.17. The van der Waals surface area contributed by atoms with Gasteiger partial charge in [0.15, 0.2) is 0 Å². The molecule has 1 unspecified atom stereocenters. The zero-order chi connectivity index (χ0) is 14.5. The van der Waals surface area contributed by atoms with E-state index in [4.69, 9.17) is 5.73 Å². The minimum absolute atomic E-state index is 0.219. The molecule has 0 saturated heterocycles. The van der Waals surface area contributed by atoms with Gasteiger partial charge in [0.25, 0.3) is 0 Å². The Balaban J connectivity index is 2.01. The van der Waals surface area contributed by atoms with Crippen molar-refractivity contribution in [3.8, 4) is 0 Å². The predicted molar refractivity (Wildman–Crippen MR) is 83.2 cm³/mol. The van der Waals surface area contributed by atoms with Crippen LogP contribution in [0.2, 0.25) is 0 Å². The van der Waals surface area contributed by atoms with Gasteiger partial charge >= 0.3 is 0 Å². The van der Waals surface area contributed by atoms with E-state index in [0.717, 1.165) is 24.1 Å². The van der Waals surface area contributed by atoms with Crippen LogP contribution in [0.1, 0.15) is 22.9 Å². The molecule has 0 aliphatic carbocycles. The fourth-order valence-electron chi connectivity index (χ4n) is 2.24. The van der Waals surface area contributed by atoms with Crippen LogP contribution < -0.4 is 5.73 Å². The predicted octanol–water partition coefficient (Wildman–Crippen LogP) is 3.41. The Morgan fingerprint density at radius 2 is 2.10 bits per heavy atom. The molecule has 0 radical (unpaired) electrons. The summed E-state index contributed by atoms with van der Waals surface area (Å²) in [6.45, 7) is 3.38. The molecule has 0 aliphatic heterocycles. The fraction of sp³-hybridized carbons (Fsp3) is 0.375. The second-order valence-corrected chi connectivity index (χ2v) is 6.20. The Morgan fingerprint density at radius 3 is 2.75 bits per heavy atom. The zero-order valence-electron chi connectivity index (χ0n) is 12.0. The molecule has 2 N–H and O–H groups in total. The molecule has 0 bridgehead atoms. The van der Waals surface area contributed by atoms with Gasteiger partial charge in [0.2, 0.25) is 0 Å². The number of benzene rings is 1. The van der Waals surface area contributed by atoms with Crippen LogP contribution >= 0.6 is 11.3 Å². The summed E-state index contributed by atoms with van der Waals surface area (Å²) < 4.78 is 13.2. The third-order valence-electron chi connectivity index (χ3n) is 3.64. The summed E-state index contributed by atoms with van der Waals surface area (Å²) in [5.74, 6) is -0.219. The van der Waals surface area contributed by atoms with Gasteiger partial charge in [0.1, 0.15) is 5.82 Å². The van der Waals surface area contributed by atoms with E-state index in [2.05, 4.69) is 36.4 Å². The molecule has 20 heavy (non-hydrogen) atoms. The summed E-state index contributed by atoms with van der Waals surface area (Å²) >= 11 is 1.79. The van der Waals surface area contributed by atoms with Crippen LogP contribution in [0.25, 0.3) is 0 Å². The molecule has 0 saturated carbocycles. The van der Waals surface area contributed by atoms with E-state index in [9.17, 15) is 4.39 Å². The van der Waals surface area contributed by atoms with Crippen molar-refractivity contribution in [2.45, 2.75) is 32.5 Å². The van der Waals surface area contributed by atoms with Crippen molar-refractivity contribution in [3.63, 3.8) is 0 Å². The Labute approximate surface area is 124 Å². The molecular weight excluding hydrogens is 271 g/mol. The summed E-state index contributed by atoms with van der Waals surface area (Å²) in [4.78, 5) is 3.68. The van der Waals surface area contributed by atoms with Crippen LogP contribution in [0.4, 0.5) is 4.39 Å². The van der Waals surface area contributed by atoms with Crippen molar-refractivity contribution in [1.82, 2.24) is 4.90 Å². The van der Waals surface area contributed by atoms with Gasteiger partial charge in [-0.1, -0.05) is 12.1 Å². The van der Waals surface area contributed by atoms with Crippen molar-refractivity contribution in [1.29, 1.82) is 0 Å². The number of rotatable bonds is 6. The first-order chi connectivity index (χ1) is 9.60. The standard InChI is InChI=1S/C16H21FN2S/c1-12(8-16-4-3-7-20-16)19(2)11-13-5-6-15(17)9-14(13)10-18/h3-7,9,12H,8,10-11,18H2,1-2H3. The van der Waals surface area contributed by atoms with Crippen molar-refractivity contribution in [2.24, 2.45) is 5.73 Å². The highest BCUT2D eigenvalue weighted by atomic mass is 32.1. The number of nitrogens with zero attached hydrogens (tertiary/aromatic N) is 1. The molecule has 0 amide bonds. The van der Waals surface area contributed by atoms with E-state index in [1.165, 1.54) is 17.0 Å². The van der Waals surface area contributed by atoms with E-state index >= 15 is 0 Å². The third kappa shape index (κ3) is 3.88. The van der Waals surface area contributed by atoms with Crippen molar-refractivity contribution < 1.29 is 4.39 Å². The molecule has 0 spiro atoms. The Kier molecular flexibility index (Phi) is 5.29. The van der Waals surface area contributed by atoms with Crippen LogP contribution in [-0.2, 0) is 19.5 Å². The fourth-order valence-corrected chi connectivity index (χ4v) is 3.07. The summed E-state index contributed by atoms with van der Waals surface area (Å²) in [7, 11) is 2.10. The van der Waals surface area contributed by atoms with Gasteiger partial charge in [0, 0.05) is 24.0 Å². The van der Waals surface area contributed by atoms with Gasteiger partial charge in [-0.25, -0.2) is 4.39 Å². The van der Waals surface area contributed by atoms with Crippen molar-refractivity contribution in [2.75, 3.05) is 7.05 Å². The van der Waals surface area contributed by atoms with Gasteiger partial charge in [0.05, 0.1) is 0 Å². The first-order valence-electron chi connectivity index (χ1n) is 6.80. The lowest BCUT2D eigenvalue weighted by Crippen LogP contribution is -2.30. The second-order valence-electron chi connectivity index (χ2n) is 5.16. The van der Waals surface area contributed by atoms with E-state index in [-0.39, 0.29) is 5.82 Å². The first kappa shape index (κ1) is 15.2. The maximum Gasteiger partial charge on any atom is 0.123 e. The number of nitrogens with two attached hydrogens (primary N) is 1. The highest BCUT2D eigenvalue weighted by molar-refractivity contribution is 7.09. The average Bonchev–Trinajstić information content (AvgIpc) is 2.93. The molecule has 2 aromatic rings. The second kappa shape index (κ2) is 6.97. The monoisotopic (exact) mass is 292 g/mol. The SMILES string of the molecule is CC(Cc1cccs1)N(C)Cc1ccc(F)cc1CN. The number of hydrogen-bond donors (Lipinski definition) is 1.